The Morgan fingerprint density at radius 3 is 2.87 bits per heavy atom. The van der Waals surface area contributed by atoms with Crippen LogP contribution in [-0.4, -0.2) is 11.0 Å². The Balaban J connectivity index is 2.50. The van der Waals surface area contributed by atoms with Crippen LogP contribution in [0.2, 0.25) is 5.02 Å². The van der Waals surface area contributed by atoms with Gasteiger partial charge in [0.15, 0.2) is 0 Å². The summed E-state index contributed by atoms with van der Waals surface area (Å²) in [7, 11) is 0. The first kappa shape index (κ1) is 10.8. The Morgan fingerprint density at radius 1 is 1.47 bits per heavy atom. The van der Waals surface area contributed by atoms with E-state index in [9.17, 15) is 4.79 Å². The van der Waals surface area contributed by atoms with Gasteiger partial charge in [-0.2, -0.15) is 0 Å². The number of benzene rings is 1. The van der Waals surface area contributed by atoms with Gasteiger partial charge in [-0.05, 0) is 26.0 Å². The van der Waals surface area contributed by atoms with Crippen molar-refractivity contribution < 1.29 is 4.79 Å². The van der Waals surface area contributed by atoms with Crippen LogP contribution < -0.4 is 0 Å². The summed E-state index contributed by atoms with van der Waals surface area (Å²) in [6, 6.07) is 5.80. The third kappa shape index (κ3) is 1.97. The van der Waals surface area contributed by atoms with Crippen LogP contribution in [0.25, 0.3) is 6.08 Å². The number of hydrogen-bond acceptors (Lipinski definition) is 2. The van der Waals surface area contributed by atoms with Crippen LogP contribution in [0, 0.1) is 0 Å². The monoisotopic (exact) mass is 238 g/mol. The van der Waals surface area contributed by atoms with E-state index >= 15 is 0 Å². The lowest BCUT2D eigenvalue weighted by molar-refractivity contribution is -0.115. The Bertz CT molecular complexity index is 451. The van der Waals surface area contributed by atoms with Gasteiger partial charge in [0.2, 0.25) is 0 Å². The molecule has 0 amide bonds. The minimum absolute atomic E-state index is 0.0454. The molecular weight excluding hydrogens is 228 g/mol. The topological polar surface area (TPSA) is 17.1 Å². The van der Waals surface area contributed by atoms with E-state index in [0.717, 1.165) is 21.1 Å². The van der Waals surface area contributed by atoms with E-state index in [4.69, 9.17) is 11.6 Å². The second kappa shape index (κ2) is 4.03. The van der Waals surface area contributed by atoms with Gasteiger partial charge in [0.05, 0.1) is 5.25 Å². The number of thioether (sulfide) groups is 1. The molecular formula is C12H11ClOS. The zero-order valence-electron chi connectivity index (χ0n) is 8.58. The third-order valence-corrected chi connectivity index (χ3v) is 4.29. The summed E-state index contributed by atoms with van der Waals surface area (Å²) in [6.07, 6.45) is 2.01. The van der Waals surface area contributed by atoms with Crippen LogP contribution in [0.1, 0.15) is 19.4 Å². The van der Waals surface area contributed by atoms with Crippen molar-refractivity contribution in [2.75, 3.05) is 0 Å². The van der Waals surface area contributed by atoms with Gasteiger partial charge < -0.3 is 0 Å². The average Bonchev–Trinajstić information content (AvgIpc) is 2.18. The summed E-state index contributed by atoms with van der Waals surface area (Å²) in [5.74, 6) is 0.194. The standard InChI is InChI=1S/C12H11ClOS/c1-7-6-9-10(13)4-3-5-11(9)15-12(7)8(2)14/h3-6,12H,1-2H3/t12-/m0/s1. The van der Waals surface area contributed by atoms with Gasteiger partial charge in [0.1, 0.15) is 5.78 Å². The molecule has 0 fully saturated rings. The molecule has 78 valence electrons. The summed E-state index contributed by atoms with van der Waals surface area (Å²) in [5, 5.41) is 0.706. The second-order valence-corrected chi connectivity index (χ2v) is 5.20. The van der Waals surface area contributed by atoms with Crippen LogP contribution in [0.15, 0.2) is 28.7 Å². The van der Waals surface area contributed by atoms with Crippen molar-refractivity contribution in [1.29, 1.82) is 0 Å². The van der Waals surface area contributed by atoms with Gasteiger partial charge in [0, 0.05) is 15.5 Å². The van der Waals surface area contributed by atoms with Gasteiger partial charge >= 0.3 is 0 Å². The SMILES string of the molecule is CC(=O)[C@H]1Sc2cccc(Cl)c2C=C1C. The van der Waals surface area contributed by atoms with E-state index in [1.54, 1.807) is 18.7 Å². The molecule has 1 nitrogen and oxygen atoms in total. The maximum atomic E-state index is 11.4. The fraction of sp³-hybridized carbons (Fsp3) is 0.250. The Morgan fingerprint density at radius 2 is 2.20 bits per heavy atom. The lowest BCUT2D eigenvalue weighted by atomic mass is 10.1. The van der Waals surface area contributed by atoms with Crippen molar-refractivity contribution in [1.82, 2.24) is 0 Å². The van der Waals surface area contributed by atoms with Gasteiger partial charge in [0.25, 0.3) is 0 Å². The second-order valence-electron chi connectivity index (χ2n) is 3.65. The molecule has 1 aromatic rings. The van der Waals surface area contributed by atoms with Crippen molar-refractivity contribution in [3.8, 4) is 0 Å². The number of rotatable bonds is 1. The van der Waals surface area contributed by atoms with Crippen molar-refractivity contribution in [3.63, 3.8) is 0 Å². The lowest BCUT2D eigenvalue weighted by Gasteiger charge is -2.21. The van der Waals surface area contributed by atoms with E-state index in [0.29, 0.717) is 0 Å². The maximum absolute atomic E-state index is 11.4. The summed E-state index contributed by atoms with van der Waals surface area (Å²) in [4.78, 5) is 12.5. The minimum atomic E-state index is -0.0454. The van der Waals surface area contributed by atoms with E-state index in [-0.39, 0.29) is 11.0 Å². The normalized spacial score (nSPS) is 19.4. The van der Waals surface area contributed by atoms with E-state index < -0.39 is 0 Å². The zero-order chi connectivity index (χ0) is 11.0. The fourth-order valence-electron chi connectivity index (χ4n) is 1.69. The molecule has 0 spiro atoms. The molecule has 0 unspecified atom stereocenters. The molecule has 1 aliphatic heterocycles. The molecule has 1 aromatic carbocycles. The molecule has 3 heteroatoms. The maximum Gasteiger partial charge on any atom is 0.147 e. The largest absolute Gasteiger partial charge is 0.298 e. The van der Waals surface area contributed by atoms with Crippen LogP contribution in [0.3, 0.4) is 0 Å². The highest BCUT2D eigenvalue weighted by molar-refractivity contribution is 8.01. The van der Waals surface area contributed by atoms with Crippen LogP contribution in [-0.2, 0) is 4.79 Å². The summed E-state index contributed by atoms with van der Waals surface area (Å²) >= 11 is 7.68. The predicted octanol–water partition coefficient (Wildman–Crippen LogP) is 3.81. The van der Waals surface area contributed by atoms with Crippen LogP contribution in [0.4, 0.5) is 0 Å². The van der Waals surface area contributed by atoms with Gasteiger partial charge in [-0.15, -0.1) is 11.8 Å². The number of hydrogen-bond donors (Lipinski definition) is 0. The molecule has 1 atom stereocenters. The molecule has 1 heterocycles. The summed E-state index contributed by atoms with van der Waals surface area (Å²) in [6.45, 7) is 3.61. The first-order chi connectivity index (χ1) is 7.09. The Kier molecular flexibility index (Phi) is 2.89. The fourth-order valence-corrected chi connectivity index (χ4v) is 3.10. The first-order valence-electron chi connectivity index (χ1n) is 4.73. The Hall–Kier alpha value is -0.730. The predicted molar refractivity (Wildman–Crippen MR) is 65.4 cm³/mol. The third-order valence-electron chi connectivity index (χ3n) is 2.41. The number of halogens is 1. The molecule has 15 heavy (non-hydrogen) atoms. The highest BCUT2D eigenvalue weighted by Gasteiger charge is 2.23. The smallest absolute Gasteiger partial charge is 0.147 e. The first-order valence-corrected chi connectivity index (χ1v) is 5.99. The highest BCUT2D eigenvalue weighted by atomic mass is 35.5. The molecule has 0 radical (unpaired) electrons. The van der Waals surface area contributed by atoms with Crippen LogP contribution in [0.5, 0.6) is 0 Å². The van der Waals surface area contributed by atoms with E-state index in [2.05, 4.69) is 0 Å². The molecule has 0 bridgehead atoms. The van der Waals surface area contributed by atoms with Gasteiger partial charge in [-0.1, -0.05) is 29.3 Å². The van der Waals surface area contributed by atoms with E-state index in [1.807, 2.05) is 31.2 Å². The molecule has 0 aliphatic carbocycles. The highest BCUT2D eigenvalue weighted by Crippen LogP contribution is 2.40. The van der Waals surface area contributed by atoms with Crippen molar-refractivity contribution in [2.24, 2.45) is 0 Å². The van der Waals surface area contributed by atoms with E-state index in [1.165, 1.54) is 0 Å². The van der Waals surface area contributed by atoms with Gasteiger partial charge in [-0.25, -0.2) is 0 Å². The number of Topliss-reactive ketones (excluding diaryl/α,β-unsaturated/α-hetero) is 1. The van der Waals surface area contributed by atoms with Crippen LogP contribution >= 0.6 is 23.4 Å². The Labute approximate surface area is 98.5 Å². The molecule has 0 saturated heterocycles. The molecule has 0 N–H and O–H groups in total. The average molecular weight is 239 g/mol. The van der Waals surface area contributed by atoms with Crippen molar-refractivity contribution in [2.45, 2.75) is 24.0 Å². The molecule has 2 rings (SSSR count). The lowest BCUT2D eigenvalue weighted by Crippen LogP contribution is -2.17. The molecule has 0 saturated carbocycles. The quantitative estimate of drug-likeness (QED) is 0.740. The van der Waals surface area contributed by atoms with Crippen molar-refractivity contribution >= 4 is 35.2 Å². The van der Waals surface area contributed by atoms with Crippen molar-refractivity contribution in [3.05, 3.63) is 34.4 Å². The number of fused-ring (bicyclic) bond motifs is 1. The minimum Gasteiger partial charge on any atom is -0.298 e. The summed E-state index contributed by atoms with van der Waals surface area (Å²) in [5.41, 5.74) is 2.12. The number of carbonyl (C=O) groups is 1. The zero-order valence-corrected chi connectivity index (χ0v) is 10.2. The number of ketones is 1. The molecule has 0 aromatic heterocycles. The summed E-state index contributed by atoms with van der Waals surface area (Å²) < 4.78 is 0. The van der Waals surface area contributed by atoms with Gasteiger partial charge in [-0.3, -0.25) is 4.79 Å². The number of carbonyl (C=O) groups excluding carboxylic acids is 1. The molecule has 1 aliphatic rings.